The molecular weight excluding hydrogens is 758 g/mol. The van der Waals surface area contributed by atoms with E-state index in [2.05, 4.69) is 22.0 Å². The van der Waals surface area contributed by atoms with Crippen LogP contribution in [0.25, 0.3) is 5.52 Å². The highest BCUT2D eigenvalue weighted by Crippen LogP contribution is 2.47. The molecule has 57 heavy (non-hydrogen) atoms. The lowest BCUT2D eigenvalue weighted by atomic mass is 9.96. The second-order valence-electron chi connectivity index (χ2n) is 14.6. The molecule has 17 heteroatoms. The molecule has 5 N–H and O–H groups in total. The van der Waals surface area contributed by atoms with Gasteiger partial charge >= 0.3 is 7.82 Å². The van der Waals surface area contributed by atoms with E-state index in [0.29, 0.717) is 23.4 Å². The summed E-state index contributed by atoms with van der Waals surface area (Å²) in [6.07, 6.45) is 14.5. The Hall–Kier alpha value is -3.36. The standard InChI is InChI=1S/C40H60FN6O9P/c1-3-4-5-6-7-8-9-10-11-12-13-14-15-16-19-52-25-33(53-24-31-20-30(23-42)21-32(41)22-31)26-54-57(50,51)55-28-40(27-44-2)38(49)36(48)37(56-40)34-17-18-35-39(43)45-29-46-47(34)35/h17-18,20-22,27,29,33,36-38,48-49H,3-16,19,24-26,28H2,1-2H3,(H,50,51)(H2,43,45,46)/t33-,36-,37-,38-,40+/m0/s1. The van der Waals surface area contributed by atoms with E-state index in [-0.39, 0.29) is 24.6 Å². The summed E-state index contributed by atoms with van der Waals surface area (Å²) >= 11 is 0. The minimum Gasteiger partial charge on any atom is -0.387 e. The summed E-state index contributed by atoms with van der Waals surface area (Å²) in [4.78, 5) is 18.6. The number of aliphatic imine (C=N–C) groups is 1. The van der Waals surface area contributed by atoms with Crippen molar-refractivity contribution in [2.75, 3.05) is 39.2 Å². The predicted octanol–water partition coefficient (Wildman–Crippen LogP) is 6.77. The number of hydrogen-bond acceptors (Lipinski definition) is 13. The third-order valence-corrected chi connectivity index (χ3v) is 11.0. The van der Waals surface area contributed by atoms with Gasteiger partial charge in [-0.15, -0.1) is 0 Å². The second-order valence-corrected chi connectivity index (χ2v) is 16.1. The van der Waals surface area contributed by atoms with Gasteiger partial charge in [0.15, 0.2) is 11.4 Å². The van der Waals surface area contributed by atoms with Crippen LogP contribution in [-0.2, 0) is 34.4 Å². The molecule has 0 bridgehead atoms. The van der Waals surface area contributed by atoms with Gasteiger partial charge in [-0.05, 0) is 42.3 Å². The fourth-order valence-electron chi connectivity index (χ4n) is 6.90. The molecule has 1 aromatic carbocycles. The molecule has 4 rings (SSSR count). The summed E-state index contributed by atoms with van der Waals surface area (Å²) in [5.41, 5.74) is 5.40. The maximum Gasteiger partial charge on any atom is 0.472 e. The smallest absolute Gasteiger partial charge is 0.387 e. The van der Waals surface area contributed by atoms with Crippen molar-refractivity contribution >= 4 is 25.4 Å². The van der Waals surface area contributed by atoms with Crippen LogP contribution in [0.5, 0.6) is 0 Å². The molecular formula is C40H60FN6O9P. The summed E-state index contributed by atoms with van der Waals surface area (Å²) in [6, 6.07) is 8.97. The fraction of sp³-hybridized carbons (Fsp3) is 0.650. The van der Waals surface area contributed by atoms with Crippen LogP contribution in [0.3, 0.4) is 0 Å². The van der Waals surface area contributed by atoms with Crippen LogP contribution >= 0.6 is 7.82 Å². The average molecular weight is 819 g/mol. The summed E-state index contributed by atoms with van der Waals surface area (Å²) in [6.45, 7) is 1.38. The van der Waals surface area contributed by atoms with E-state index in [1.165, 1.54) is 107 Å². The van der Waals surface area contributed by atoms with Crippen molar-refractivity contribution < 1.29 is 47.3 Å². The number of halogens is 1. The van der Waals surface area contributed by atoms with Gasteiger partial charge in [-0.2, -0.15) is 10.4 Å². The van der Waals surface area contributed by atoms with Crippen molar-refractivity contribution in [2.24, 2.45) is 4.99 Å². The highest BCUT2D eigenvalue weighted by molar-refractivity contribution is 7.47. The maximum atomic E-state index is 14.1. The molecule has 0 spiro atoms. The van der Waals surface area contributed by atoms with Crippen LogP contribution in [0, 0.1) is 17.1 Å². The number of nitrogen functional groups attached to an aromatic ring is 1. The third kappa shape index (κ3) is 14.5. The van der Waals surface area contributed by atoms with Gasteiger partial charge in [-0.25, -0.2) is 18.5 Å². The number of aliphatic hydroxyl groups is 2. The van der Waals surface area contributed by atoms with Gasteiger partial charge in [0, 0.05) is 19.9 Å². The summed E-state index contributed by atoms with van der Waals surface area (Å²) < 4.78 is 57.2. The zero-order valence-corrected chi connectivity index (χ0v) is 34.1. The molecule has 1 aliphatic heterocycles. The number of unbranched alkanes of at least 4 members (excludes halogenated alkanes) is 13. The molecule has 3 aromatic rings. The van der Waals surface area contributed by atoms with Crippen molar-refractivity contribution in [2.45, 2.75) is 133 Å². The Morgan fingerprint density at radius 2 is 1.70 bits per heavy atom. The first-order valence-electron chi connectivity index (χ1n) is 20.1. The first-order chi connectivity index (χ1) is 27.5. The molecule has 1 saturated heterocycles. The zero-order valence-electron chi connectivity index (χ0n) is 33.2. The SMILES string of the molecule is CCCCCCCCCCCCCCCCOC[C@@H](COP(=O)(O)OC[C@@]1(C=NC)O[C@@H](c2ccc3c(N)ncnn23)[C@H](O)[C@@H]1O)OCc1cc(F)cc(C#N)c1. The Labute approximate surface area is 335 Å². The number of phosphoric acid groups is 1. The quantitative estimate of drug-likeness (QED) is 0.0338. The van der Waals surface area contributed by atoms with E-state index < -0.39 is 56.9 Å². The van der Waals surface area contributed by atoms with E-state index in [1.54, 1.807) is 12.1 Å². The lowest BCUT2D eigenvalue weighted by Crippen LogP contribution is -2.48. The highest BCUT2D eigenvalue weighted by Gasteiger charge is 2.55. The van der Waals surface area contributed by atoms with Gasteiger partial charge in [-0.1, -0.05) is 90.4 Å². The molecule has 1 fully saturated rings. The zero-order chi connectivity index (χ0) is 41.1. The first kappa shape index (κ1) is 46.3. The first-order valence-corrected chi connectivity index (χ1v) is 21.6. The van der Waals surface area contributed by atoms with Crippen molar-refractivity contribution in [3.8, 4) is 6.07 Å². The lowest BCUT2D eigenvalue weighted by molar-refractivity contribution is -0.0702. The molecule has 0 aliphatic carbocycles. The number of nitrogens with zero attached hydrogens (tertiary/aromatic N) is 5. The Morgan fingerprint density at radius 1 is 1.04 bits per heavy atom. The van der Waals surface area contributed by atoms with E-state index in [4.69, 9.17) is 29.0 Å². The van der Waals surface area contributed by atoms with Crippen LogP contribution in [0.4, 0.5) is 10.2 Å². The van der Waals surface area contributed by atoms with Gasteiger partial charge in [0.05, 0.1) is 43.8 Å². The molecule has 0 saturated carbocycles. The van der Waals surface area contributed by atoms with Gasteiger partial charge in [0.2, 0.25) is 0 Å². The number of hydrogen-bond donors (Lipinski definition) is 4. The summed E-state index contributed by atoms with van der Waals surface area (Å²) in [5.74, 6) is -0.406. The van der Waals surface area contributed by atoms with Gasteiger partial charge < -0.3 is 35.1 Å². The second kappa shape index (κ2) is 23.9. The summed E-state index contributed by atoms with van der Waals surface area (Å²) in [7, 11) is -3.44. The number of rotatable bonds is 28. The Bertz CT molecular complexity index is 1780. The largest absolute Gasteiger partial charge is 0.472 e. The van der Waals surface area contributed by atoms with E-state index in [0.717, 1.165) is 25.3 Å². The molecule has 1 unspecified atom stereocenters. The molecule has 6 atom stereocenters. The molecule has 0 radical (unpaired) electrons. The van der Waals surface area contributed by atoms with Crippen LogP contribution in [0.1, 0.15) is 120 Å². The maximum absolute atomic E-state index is 14.1. The van der Waals surface area contributed by atoms with Gasteiger partial charge in [0.1, 0.15) is 42.1 Å². The Kier molecular flexibility index (Phi) is 19.4. The van der Waals surface area contributed by atoms with E-state index >= 15 is 0 Å². The number of anilines is 1. The van der Waals surface area contributed by atoms with Crippen molar-refractivity contribution in [1.82, 2.24) is 14.6 Å². The Morgan fingerprint density at radius 3 is 2.35 bits per heavy atom. The molecule has 0 amide bonds. The number of fused-ring (bicyclic) bond motifs is 1. The number of nitriles is 1. The Balaban J connectivity index is 1.26. The highest BCUT2D eigenvalue weighted by atomic mass is 31.2. The minimum atomic E-state index is -4.84. The number of ether oxygens (including phenoxy) is 3. The molecule has 2 aromatic heterocycles. The monoisotopic (exact) mass is 818 g/mol. The van der Waals surface area contributed by atoms with Crippen LogP contribution < -0.4 is 5.73 Å². The van der Waals surface area contributed by atoms with E-state index in [9.17, 15) is 29.3 Å². The lowest BCUT2D eigenvalue weighted by Gasteiger charge is -2.28. The van der Waals surface area contributed by atoms with Crippen molar-refractivity contribution in [3.05, 3.63) is 59.3 Å². The predicted molar refractivity (Wildman–Crippen MR) is 213 cm³/mol. The molecule has 1 aliphatic rings. The molecule has 316 valence electrons. The fourth-order valence-corrected chi connectivity index (χ4v) is 7.70. The topological polar surface area (TPSA) is 216 Å². The van der Waals surface area contributed by atoms with Gasteiger partial charge in [0.25, 0.3) is 0 Å². The van der Waals surface area contributed by atoms with Crippen LogP contribution in [0.15, 0.2) is 41.7 Å². The molecule has 15 nitrogen and oxygen atoms in total. The van der Waals surface area contributed by atoms with Crippen molar-refractivity contribution in [3.63, 3.8) is 0 Å². The number of aromatic nitrogens is 3. The number of nitrogens with two attached hydrogens (primary N) is 1. The average Bonchev–Trinajstić information content (AvgIpc) is 3.73. The van der Waals surface area contributed by atoms with Gasteiger partial charge in [-0.3, -0.25) is 14.0 Å². The minimum absolute atomic E-state index is 0.000332. The number of phosphoric ester groups is 1. The van der Waals surface area contributed by atoms with Crippen LogP contribution in [0.2, 0.25) is 0 Å². The normalized spacial score (nSPS) is 21.3. The van der Waals surface area contributed by atoms with Crippen molar-refractivity contribution in [1.29, 1.82) is 5.26 Å². The van der Waals surface area contributed by atoms with E-state index in [1.807, 2.05) is 6.07 Å². The number of benzene rings is 1. The van der Waals surface area contributed by atoms with Crippen LogP contribution in [-0.4, -0.2) is 93.3 Å². The third-order valence-electron chi connectivity index (χ3n) is 10.0. The number of aliphatic hydroxyl groups excluding tert-OH is 2. The summed E-state index contributed by atoms with van der Waals surface area (Å²) in [5, 5.41) is 35.6. The molecule has 3 heterocycles.